The van der Waals surface area contributed by atoms with Gasteiger partial charge in [-0.1, -0.05) is 30.3 Å². The summed E-state index contributed by atoms with van der Waals surface area (Å²) in [5, 5.41) is 9.71. The lowest BCUT2D eigenvalue weighted by Gasteiger charge is -2.39. The van der Waals surface area contributed by atoms with E-state index in [2.05, 4.69) is 4.98 Å². The predicted octanol–water partition coefficient (Wildman–Crippen LogP) is 2.42. The molecule has 1 aliphatic rings. The normalized spacial score (nSPS) is 16.4. The molecule has 0 radical (unpaired) electrons. The van der Waals surface area contributed by atoms with Crippen LogP contribution in [-0.4, -0.2) is 69.1 Å². The second-order valence-electron chi connectivity index (χ2n) is 7.53. The maximum Gasteiger partial charge on any atom is 0.337 e. The van der Waals surface area contributed by atoms with Gasteiger partial charge in [0.1, 0.15) is 0 Å². The molecular weight excluding hydrogens is 398 g/mol. The number of ketones is 1. The minimum absolute atomic E-state index is 0.0328. The van der Waals surface area contributed by atoms with Crippen LogP contribution in [-0.2, 0) is 4.79 Å². The molecule has 1 saturated heterocycles. The third-order valence-electron chi connectivity index (χ3n) is 5.58. The van der Waals surface area contributed by atoms with Gasteiger partial charge in [-0.3, -0.25) is 14.4 Å². The summed E-state index contributed by atoms with van der Waals surface area (Å²) in [7, 11) is 0. The average molecular weight is 419 g/mol. The molecule has 2 N–H and O–H groups in total. The van der Waals surface area contributed by atoms with Crippen molar-refractivity contribution in [1.29, 1.82) is 0 Å². The zero-order valence-corrected chi connectivity index (χ0v) is 16.9. The number of benzene rings is 2. The van der Waals surface area contributed by atoms with Crippen LogP contribution in [0.25, 0.3) is 10.9 Å². The van der Waals surface area contributed by atoms with Gasteiger partial charge in [-0.05, 0) is 25.1 Å². The fourth-order valence-corrected chi connectivity index (χ4v) is 3.97. The van der Waals surface area contributed by atoms with Crippen molar-refractivity contribution < 1.29 is 24.3 Å². The fourth-order valence-electron chi connectivity index (χ4n) is 3.97. The Morgan fingerprint density at radius 1 is 0.968 bits per heavy atom. The number of piperazine rings is 1. The molecule has 4 rings (SSSR count). The Labute approximate surface area is 178 Å². The molecule has 1 aliphatic heterocycles. The second kappa shape index (κ2) is 8.06. The van der Waals surface area contributed by atoms with Gasteiger partial charge < -0.3 is 19.9 Å². The number of fused-ring (bicyclic) bond motifs is 1. The van der Waals surface area contributed by atoms with Crippen molar-refractivity contribution in [3.05, 3.63) is 71.4 Å². The zero-order chi connectivity index (χ0) is 22.1. The van der Waals surface area contributed by atoms with Crippen molar-refractivity contribution in [2.24, 2.45) is 0 Å². The topological polar surface area (TPSA) is 111 Å². The van der Waals surface area contributed by atoms with Gasteiger partial charge in [0.05, 0.1) is 16.6 Å². The Hall–Kier alpha value is -3.94. The number of hydrogen-bond donors (Lipinski definition) is 2. The summed E-state index contributed by atoms with van der Waals surface area (Å²) in [5.74, 6) is -2.60. The molecule has 1 fully saturated rings. The van der Waals surface area contributed by atoms with Crippen LogP contribution in [0.5, 0.6) is 0 Å². The number of H-pyrrole nitrogens is 1. The molecule has 0 spiro atoms. The minimum Gasteiger partial charge on any atom is -0.478 e. The van der Waals surface area contributed by atoms with E-state index < -0.39 is 17.7 Å². The van der Waals surface area contributed by atoms with Gasteiger partial charge in [0, 0.05) is 42.8 Å². The van der Waals surface area contributed by atoms with Gasteiger partial charge in [-0.2, -0.15) is 0 Å². The van der Waals surface area contributed by atoms with Crippen molar-refractivity contribution in [3.8, 4) is 0 Å². The quantitative estimate of drug-likeness (QED) is 0.498. The van der Waals surface area contributed by atoms with E-state index in [1.807, 2.05) is 6.07 Å². The number of nitrogens with one attached hydrogen (secondary N) is 1. The molecule has 0 saturated carbocycles. The van der Waals surface area contributed by atoms with E-state index in [-0.39, 0.29) is 29.6 Å². The minimum atomic E-state index is -1.12. The molecule has 158 valence electrons. The Kier molecular flexibility index (Phi) is 5.29. The van der Waals surface area contributed by atoms with E-state index in [0.29, 0.717) is 29.6 Å². The maximum absolute atomic E-state index is 13.0. The monoisotopic (exact) mass is 419 g/mol. The lowest BCUT2D eigenvalue weighted by Crippen LogP contribution is -2.56. The zero-order valence-electron chi connectivity index (χ0n) is 16.9. The van der Waals surface area contributed by atoms with E-state index in [0.717, 1.165) is 0 Å². The number of para-hydroxylation sites is 1. The number of Topliss-reactive ketones (excluding diaryl/α,β-unsaturated/α-hetero) is 1. The van der Waals surface area contributed by atoms with Gasteiger partial charge in [0.15, 0.2) is 0 Å². The first-order valence-electron chi connectivity index (χ1n) is 9.91. The van der Waals surface area contributed by atoms with Crippen molar-refractivity contribution >= 4 is 34.5 Å². The number of aromatic carboxylic acids is 1. The SMILES string of the molecule is C[C@@H]1CN(C(=O)c2ccccc2)CCN1C(=O)C(=O)c1c[nH]c2c(C(=O)O)cccc12. The van der Waals surface area contributed by atoms with E-state index >= 15 is 0 Å². The van der Waals surface area contributed by atoms with Crippen LogP contribution >= 0.6 is 0 Å². The van der Waals surface area contributed by atoms with Crippen LogP contribution in [0.4, 0.5) is 0 Å². The number of carbonyl (C=O) groups is 4. The number of rotatable bonds is 4. The second-order valence-corrected chi connectivity index (χ2v) is 7.53. The maximum atomic E-state index is 13.0. The van der Waals surface area contributed by atoms with E-state index in [9.17, 15) is 24.3 Å². The smallest absolute Gasteiger partial charge is 0.337 e. The molecule has 31 heavy (non-hydrogen) atoms. The number of amides is 2. The van der Waals surface area contributed by atoms with E-state index in [1.165, 1.54) is 23.2 Å². The molecule has 1 atom stereocenters. The summed E-state index contributed by atoms with van der Waals surface area (Å²) in [5.41, 5.74) is 1.06. The highest BCUT2D eigenvalue weighted by Gasteiger charge is 2.34. The van der Waals surface area contributed by atoms with Gasteiger partial charge in [0.25, 0.3) is 17.6 Å². The first kappa shape index (κ1) is 20.3. The highest BCUT2D eigenvalue weighted by Crippen LogP contribution is 2.24. The summed E-state index contributed by atoms with van der Waals surface area (Å²) in [4.78, 5) is 55.9. The number of hydrogen-bond acceptors (Lipinski definition) is 4. The summed E-state index contributed by atoms with van der Waals surface area (Å²) in [6.45, 7) is 2.69. The van der Waals surface area contributed by atoms with Crippen molar-refractivity contribution in [3.63, 3.8) is 0 Å². The van der Waals surface area contributed by atoms with Crippen LogP contribution in [0.15, 0.2) is 54.7 Å². The lowest BCUT2D eigenvalue weighted by molar-refractivity contribution is -0.130. The number of carbonyl (C=O) groups excluding carboxylic acids is 3. The van der Waals surface area contributed by atoms with Crippen molar-refractivity contribution in [1.82, 2.24) is 14.8 Å². The van der Waals surface area contributed by atoms with Gasteiger partial charge in [-0.15, -0.1) is 0 Å². The molecule has 2 aromatic carbocycles. The number of aromatic amines is 1. The third-order valence-corrected chi connectivity index (χ3v) is 5.58. The molecule has 0 bridgehead atoms. The molecule has 8 nitrogen and oxygen atoms in total. The summed E-state index contributed by atoms with van der Waals surface area (Å²) in [6, 6.07) is 13.2. The van der Waals surface area contributed by atoms with Crippen LogP contribution in [0.3, 0.4) is 0 Å². The van der Waals surface area contributed by atoms with Gasteiger partial charge in [0.2, 0.25) is 0 Å². The highest BCUT2D eigenvalue weighted by atomic mass is 16.4. The first-order chi connectivity index (χ1) is 14.9. The third kappa shape index (κ3) is 3.68. The Bertz CT molecular complexity index is 1180. The largest absolute Gasteiger partial charge is 0.478 e. The lowest BCUT2D eigenvalue weighted by atomic mass is 10.0. The molecule has 2 amide bonds. The Morgan fingerprint density at radius 3 is 2.39 bits per heavy atom. The van der Waals surface area contributed by atoms with Crippen molar-refractivity contribution in [2.45, 2.75) is 13.0 Å². The predicted molar refractivity (Wildman–Crippen MR) is 113 cm³/mol. The first-order valence-corrected chi connectivity index (χ1v) is 9.91. The average Bonchev–Trinajstić information content (AvgIpc) is 3.22. The number of carboxylic acid groups (broad SMARTS) is 1. The molecule has 1 aromatic heterocycles. The molecule has 0 aliphatic carbocycles. The fraction of sp³-hybridized carbons (Fsp3) is 0.217. The van der Waals surface area contributed by atoms with Crippen LogP contribution in [0, 0.1) is 0 Å². The molecule has 3 aromatic rings. The number of carboxylic acids is 1. The van der Waals surface area contributed by atoms with Crippen LogP contribution < -0.4 is 0 Å². The van der Waals surface area contributed by atoms with Crippen LogP contribution in [0.1, 0.15) is 38.0 Å². The Morgan fingerprint density at radius 2 is 1.71 bits per heavy atom. The standard InChI is InChI=1S/C23H21N3O5/c1-14-13-25(21(28)15-6-3-2-4-7-15)10-11-26(14)22(29)20(27)18-12-24-19-16(18)8-5-9-17(19)23(30)31/h2-9,12,14,24H,10-11,13H2,1H3,(H,30,31)/t14-/m1/s1. The molecule has 0 unspecified atom stereocenters. The van der Waals surface area contributed by atoms with E-state index in [1.54, 1.807) is 42.2 Å². The summed E-state index contributed by atoms with van der Waals surface area (Å²) < 4.78 is 0. The summed E-state index contributed by atoms with van der Waals surface area (Å²) >= 11 is 0. The van der Waals surface area contributed by atoms with Crippen LogP contribution in [0.2, 0.25) is 0 Å². The summed E-state index contributed by atoms with van der Waals surface area (Å²) in [6.07, 6.45) is 1.37. The highest BCUT2D eigenvalue weighted by molar-refractivity contribution is 6.45. The van der Waals surface area contributed by atoms with Gasteiger partial charge in [-0.25, -0.2) is 4.79 Å². The van der Waals surface area contributed by atoms with Crippen molar-refractivity contribution in [2.75, 3.05) is 19.6 Å². The van der Waals surface area contributed by atoms with E-state index in [4.69, 9.17) is 0 Å². The molecule has 8 heteroatoms. The molecule has 2 heterocycles. The van der Waals surface area contributed by atoms with Gasteiger partial charge >= 0.3 is 5.97 Å². The number of aromatic nitrogens is 1. The molecular formula is C23H21N3O5. The number of nitrogens with zero attached hydrogens (tertiary/aromatic N) is 2. The Balaban J connectivity index is 1.51.